The van der Waals surface area contributed by atoms with Gasteiger partial charge in [0, 0.05) is 6.54 Å². The Morgan fingerprint density at radius 2 is 2.20 bits per heavy atom. The molecule has 0 saturated heterocycles. The van der Waals surface area contributed by atoms with Crippen LogP contribution in [0.3, 0.4) is 0 Å². The lowest BCUT2D eigenvalue weighted by molar-refractivity contribution is 0.410. The van der Waals surface area contributed by atoms with Gasteiger partial charge in [0.25, 0.3) is 0 Å². The molecule has 0 spiro atoms. The van der Waals surface area contributed by atoms with E-state index in [0.717, 1.165) is 25.1 Å². The van der Waals surface area contributed by atoms with E-state index in [9.17, 15) is 0 Å². The first-order valence-corrected chi connectivity index (χ1v) is 5.77. The Morgan fingerprint density at radius 3 is 2.80 bits per heavy atom. The topological polar surface area (TPSA) is 21.3 Å². The van der Waals surface area contributed by atoms with Gasteiger partial charge in [-0.3, -0.25) is 0 Å². The average molecular weight is 228 g/mol. The van der Waals surface area contributed by atoms with Crippen LogP contribution >= 0.6 is 11.6 Å². The van der Waals surface area contributed by atoms with Gasteiger partial charge in [0.15, 0.2) is 0 Å². The zero-order valence-electron chi connectivity index (χ0n) is 9.35. The molecule has 0 unspecified atom stereocenters. The van der Waals surface area contributed by atoms with Crippen LogP contribution in [0.4, 0.5) is 0 Å². The number of rotatable bonds is 6. The smallest absolute Gasteiger partial charge is 0.122 e. The first kappa shape index (κ1) is 12.3. The Bertz CT molecular complexity index is 302. The number of hydrogen-bond donors (Lipinski definition) is 1. The molecule has 0 radical (unpaired) electrons. The number of hydrogen-bond acceptors (Lipinski definition) is 2. The second-order valence-electron chi connectivity index (χ2n) is 3.38. The third-order valence-corrected chi connectivity index (χ3v) is 2.60. The van der Waals surface area contributed by atoms with E-state index in [2.05, 4.69) is 24.4 Å². The molecule has 84 valence electrons. The Labute approximate surface area is 96.6 Å². The van der Waals surface area contributed by atoms with Gasteiger partial charge in [0.2, 0.25) is 0 Å². The number of nitrogens with one attached hydrogen (secondary N) is 1. The predicted molar refractivity (Wildman–Crippen MR) is 64.8 cm³/mol. The molecule has 0 saturated carbocycles. The minimum absolute atomic E-state index is 0.511. The summed E-state index contributed by atoms with van der Waals surface area (Å²) in [6.07, 6.45) is 2.00. The van der Waals surface area contributed by atoms with Crippen LogP contribution in [0.5, 0.6) is 5.75 Å². The minimum atomic E-state index is 0.511. The van der Waals surface area contributed by atoms with E-state index in [1.165, 1.54) is 11.1 Å². The molecular weight excluding hydrogens is 210 g/mol. The van der Waals surface area contributed by atoms with Gasteiger partial charge >= 0.3 is 0 Å². The van der Waals surface area contributed by atoms with Crippen LogP contribution in [-0.4, -0.2) is 19.7 Å². The highest BCUT2D eigenvalue weighted by Crippen LogP contribution is 2.20. The first-order chi connectivity index (χ1) is 7.31. The summed E-state index contributed by atoms with van der Waals surface area (Å²) in [6.45, 7) is 3.05. The molecule has 0 atom stereocenters. The van der Waals surface area contributed by atoms with Crippen molar-refractivity contribution >= 4 is 11.6 Å². The van der Waals surface area contributed by atoms with Crippen molar-refractivity contribution in [2.75, 3.05) is 19.7 Å². The summed E-state index contributed by atoms with van der Waals surface area (Å²) in [5.74, 6) is 0.978. The van der Waals surface area contributed by atoms with Crippen molar-refractivity contribution in [1.29, 1.82) is 0 Å². The van der Waals surface area contributed by atoms with Crippen molar-refractivity contribution < 1.29 is 4.74 Å². The molecule has 3 heteroatoms. The van der Waals surface area contributed by atoms with Gasteiger partial charge in [0.1, 0.15) is 5.75 Å². The van der Waals surface area contributed by atoms with E-state index in [1.807, 2.05) is 6.07 Å². The number of aryl methyl sites for hydroxylation is 1. The van der Waals surface area contributed by atoms with Crippen LogP contribution in [0, 0.1) is 0 Å². The van der Waals surface area contributed by atoms with Gasteiger partial charge in [-0.1, -0.05) is 19.1 Å². The van der Waals surface area contributed by atoms with E-state index >= 15 is 0 Å². The second-order valence-corrected chi connectivity index (χ2v) is 3.65. The van der Waals surface area contributed by atoms with E-state index in [-0.39, 0.29) is 0 Å². The van der Waals surface area contributed by atoms with E-state index in [4.69, 9.17) is 16.3 Å². The average Bonchev–Trinajstić information content (AvgIpc) is 2.29. The maximum absolute atomic E-state index is 5.54. The van der Waals surface area contributed by atoms with E-state index in [0.29, 0.717) is 6.00 Å². The predicted octanol–water partition coefficient (Wildman–Crippen LogP) is 2.59. The van der Waals surface area contributed by atoms with Crippen LogP contribution < -0.4 is 10.1 Å². The molecule has 0 aromatic heterocycles. The van der Waals surface area contributed by atoms with Gasteiger partial charge in [-0.05, 0) is 30.0 Å². The monoisotopic (exact) mass is 227 g/mol. The van der Waals surface area contributed by atoms with Crippen LogP contribution in [-0.2, 0) is 12.8 Å². The number of benzene rings is 1. The number of alkyl halides is 1. The first-order valence-electron chi connectivity index (χ1n) is 5.24. The number of halogens is 1. The molecule has 0 aliphatic heterocycles. The van der Waals surface area contributed by atoms with Crippen molar-refractivity contribution in [2.45, 2.75) is 19.8 Å². The molecule has 1 aromatic carbocycles. The lowest BCUT2D eigenvalue weighted by Crippen LogP contribution is -2.14. The molecule has 0 heterocycles. The summed E-state index contributed by atoms with van der Waals surface area (Å²) in [7, 11) is 1.71. The summed E-state index contributed by atoms with van der Waals surface area (Å²) < 4.78 is 5.28. The van der Waals surface area contributed by atoms with Gasteiger partial charge in [-0.15, -0.1) is 11.6 Å². The van der Waals surface area contributed by atoms with Crippen molar-refractivity contribution in [2.24, 2.45) is 0 Å². The van der Waals surface area contributed by atoms with Gasteiger partial charge in [0.05, 0.1) is 13.1 Å². The Balaban J connectivity index is 2.66. The van der Waals surface area contributed by atoms with Crippen molar-refractivity contribution in [3.05, 3.63) is 29.3 Å². The largest absolute Gasteiger partial charge is 0.496 e. The van der Waals surface area contributed by atoms with E-state index < -0.39 is 0 Å². The number of ether oxygens (including phenoxy) is 1. The zero-order valence-corrected chi connectivity index (χ0v) is 10.1. The molecule has 15 heavy (non-hydrogen) atoms. The van der Waals surface area contributed by atoms with Crippen LogP contribution in [0.15, 0.2) is 18.2 Å². The van der Waals surface area contributed by atoms with Crippen LogP contribution in [0.25, 0.3) is 0 Å². The molecule has 0 fully saturated rings. The van der Waals surface area contributed by atoms with Gasteiger partial charge in [-0.2, -0.15) is 0 Å². The van der Waals surface area contributed by atoms with E-state index in [1.54, 1.807) is 7.11 Å². The maximum Gasteiger partial charge on any atom is 0.122 e. The summed E-state index contributed by atoms with van der Waals surface area (Å²) in [6, 6.07) is 6.86. The van der Waals surface area contributed by atoms with Crippen LogP contribution in [0.2, 0.25) is 0 Å². The fourth-order valence-corrected chi connectivity index (χ4v) is 1.70. The SMILES string of the molecule is CCc1cc(CCNCCl)ccc1OC. The third kappa shape index (κ3) is 3.73. The fraction of sp³-hybridized carbons (Fsp3) is 0.500. The molecular formula is C12H18ClNO. The highest BCUT2D eigenvalue weighted by atomic mass is 35.5. The molecule has 1 N–H and O–H groups in total. The lowest BCUT2D eigenvalue weighted by atomic mass is 10.1. The second kappa shape index (κ2) is 6.70. The highest BCUT2D eigenvalue weighted by Gasteiger charge is 2.02. The quantitative estimate of drug-likeness (QED) is 0.458. The molecule has 0 amide bonds. The highest BCUT2D eigenvalue weighted by molar-refractivity contribution is 6.17. The summed E-state index contributed by atoms with van der Waals surface area (Å²) >= 11 is 5.54. The van der Waals surface area contributed by atoms with Crippen molar-refractivity contribution in [3.63, 3.8) is 0 Å². The zero-order chi connectivity index (χ0) is 11.1. The Morgan fingerprint density at radius 1 is 1.40 bits per heavy atom. The molecule has 1 rings (SSSR count). The summed E-state index contributed by atoms with van der Waals surface area (Å²) in [4.78, 5) is 0. The molecule has 1 aromatic rings. The van der Waals surface area contributed by atoms with Crippen molar-refractivity contribution in [3.8, 4) is 5.75 Å². The summed E-state index contributed by atoms with van der Waals surface area (Å²) in [5.41, 5.74) is 2.59. The molecule has 0 bridgehead atoms. The normalized spacial score (nSPS) is 10.3. The Hall–Kier alpha value is -0.730. The Kier molecular flexibility index (Phi) is 5.51. The minimum Gasteiger partial charge on any atom is -0.496 e. The summed E-state index contributed by atoms with van der Waals surface area (Å²) in [5, 5.41) is 3.10. The van der Waals surface area contributed by atoms with Crippen LogP contribution in [0.1, 0.15) is 18.1 Å². The lowest BCUT2D eigenvalue weighted by Gasteiger charge is -2.09. The number of methoxy groups -OCH3 is 1. The maximum atomic E-state index is 5.54. The molecule has 0 aliphatic carbocycles. The standard InChI is InChI=1S/C12H18ClNO/c1-3-11-8-10(6-7-14-9-13)4-5-12(11)15-2/h4-5,8,14H,3,6-7,9H2,1-2H3. The fourth-order valence-electron chi connectivity index (χ4n) is 1.56. The molecule has 2 nitrogen and oxygen atoms in total. The van der Waals surface area contributed by atoms with Gasteiger partial charge < -0.3 is 10.1 Å². The third-order valence-electron chi connectivity index (χ3n) is 2.41. The van der Waals surface area contributed by atoms with Gasteiger partial charge in [-0.25, -0.2) is 0 Å². The molecule has 0 aliphatic rings. The van der Waals surface area contributed by atoms with Crippen molar-refractivity contribution in [1.82, 2.24) is 5.32 Å².